The standard InChI is InChI=1S/C33H52N10O15/c1-15(2)27(32(56)38-14-25(50)43-9-5-6-20(43)31(55)37-13-24(49)42-28(16(3)44)33(57)58)41-23(48)12-35-29(53)18(7-8-26(51)52)40-22(47)11-36-30(54)19(10-21(34)46)39-17(4)45/h15-16,18-20,27-28,44H,5-14H2,1-4H3,(H2,34,46)(H,35,53)(H,36,54)(H,37,55)(H,38,56)(H,39,45)(H,40,47)(H,41,48)(H,42,49)(H,51,52)(H,57,58)/t16?,18-,19?,20?,27?,28?/m0/s1. The minimum absolute atomic E-state index is 0.144. The van der Waals surface area contributed by atoms with Gasteiger partial charge in [0.1, 0.15) is 24.2 Å². The van der Waals surface area contributed by atoms with E-state index in [9.17, 15) is 62.6 Å². The van der Waals surface area contributed by atoms with E-state index in [0.717, 1.165) is 13.8 Å². The number of carboxylic acid groups (broad SMARTS) is 2. The third-order valence-electron chi connectivity index (χ3n) is 8.29. The van der Waals surface area contributed by atoms with Gasteiger partial charge in [-0.15, -0.1) is 0 Å². The molecule has 6 atom stereocenters. The lowest BCUT2D eigenvalue weighted by molar-refractivity contribution is -0.145. The van der Waals surface area contributed by atoms with E-state index in [2.05, 4.69) is 42.5 Å². The molecular weight excluding hydrogens is 776 g/mol. The van der Waals surface area contributed by atoms with Crippen LogP contribution in [0.5, 0.6) is 0 Å². The van der Waals surface area contributed by atoms with Crippen molar-refractivity contribution in [2.45, 2.75) is 96.1 Å². The van der Waals surface area contributed by atoms with Crippen molar-refractivity contribution in [3.8, 4) is 0 Å². The molecule has 13 N–H and O–H groups in total. The maximum atomic E-state index is 13.0. The second-order valence-corrected chi connectivity index (χ2v) is 13.5. The Bertz CT molecular complexity index is 1570. The maximum Gasteiger partial charge on any atom is 0.328 e. The Balaban J connectivity index is 2.76. The first kappa shape index (κ1) is 49.6. The molecule has 0 bridgehead atoms. The van der Waals surface area contributed by atoms with Crippen LogP contribution in [0.15, 0.2) is 0 Å². The zero-order valence-corrected chi connectivity index (χ0v) is 32.4. The number of nitrogens with zero attached hydrogens (tertiary/aromatic N) is 1. The summed E-state index contributed by atoms with van der Waals surface area (Å²) in [6.45, 7) is 2.81. The van der Waals surface area contributed by atoms with E-state index in [4.69, 9.17) is 15.9 Å². The van der Waals surface area contributed by atoms with Gasteiger partial charge in [-0.3, -0.25) is 52.7 Å². The van der Waals surface area contributed by atoms with Crippen LogP contribution < -0.4 is 48.3 Å². The van der Waals surface area contributed by atoms with Crippen LogP contribution >= 0.6 is 0 Å². The Morgan fingerprint density at radius 3 is 1.71 bits per heavy atom. The molecule has 324 valence electrons. The van der Waals surface area contributed by atoms with Crippen LogP contribution in [0.4, 0.5) is 0 Å². The molecule has 1 heterocycles. The van der Waals surface area contributed by atoms with Crippen LogP contribution in [0, 0.1) is 5.92 Å². The van der Waals surface area contributed by atoms with Gasteiger partial charge >= 0.3 is 11.9 Å². The predicted octanol–water partition coefficient (Wildman–Crippen LogP) is -6.74. The molecule has 0 aliphatic carbocycles. The monoisotopic (exact) mass is 828 g/mol. The van der Waals surface area contributed by atoms with Gasteiger partial charge in [-0.2, -0.15) is 0 Å². The number of nitrogens with two attached hydrogens (primary N) is 1. The van der Waals surface area contributed by atoms with Crippen LogP contribution in [-0.2, 0) is 57.5 Å². The van der Waals surface area contributed by atoms with Crippen molar-refractivity contribution in [3.63, 3.8) is 0 Å². The SMILES string of the molecule is CC(=O)NC(CC(N)=O)C(=O)NCC(=O)N[C@@H](CCC(=O)O)C(=O)NCC(=O)NC(C(=O)NCC(=O)N1CCCC1C(=O)NCC(=O)NC(C(=O)O)C(C)O)C(C)C. The fourth-order valence-corrected chi connectivity index (χ4v) is 5.39. The molecule has 10 amide bonds. The minimum atomic E-state index is -1.61. The lowest BCUT2D eigenvalue weighted by Crippen LogP contribution is -2.56. The summed E-state index contributed by atoms with van der Waals surface area (Å²) in [5.41, 5.74) is 5.08. The topological polar surface area (TPSA) is 391 Å². The molecule has 0 radical (unpaired) electrons. The van der Waals surface area contributed by atoms with Gasteiger partial charge in [0.2, 0.25) is 59.1 Å². The van der Waals surface area contributed by atoms with Crippen LogP contribution in [0.25, 0.3) is 0 Å². The van der Waals surface area contributed by atoms with E-state index in [1.807, 2.05) is 0 Å². The number of hydrogen-bond donors (Lipinski definition) is 12. The van der Waals surface area contributed by atoms with Crippen molar-refractivity contribution in [1.82, 2.24) is 47.4 Å². The fraction of sp³-hybridized carbons (Fsp3) is 0.636. The van der Waals surface area contributed by atoms with Crippen molar-refractivity contribution in [2.24, 2.45) is 11.7 Å². The van der Waals surface area contributed by atoms with E-state index in [1.54, 1.807) is 13.8 Å². The molecule has 5 unspecified atom stereocenters. The highest BCUT2D eigenvalue weighted by atomic mass is 16.4. The first-order chi connectivity index (χ1) is 27.0. The summed E-state index contributed by atoms with van der Waals surface area (Å²) in [6.07, 6.45) is -2.37. The molecule has 25 heteroatoms. The Morgan fingerprint density at radius 1 is 0.690 bits per heavy atom. The second-order valence-electron chi connectivity index (χ2n) is 13.5. The molecule has 0 spiro atoms. The number of aliphatic hydroxyl groups excluding tert-OH is 1. The van der Waals surface area contributed by atoms with E-state index < -0.39 is 159 Å². The van der Waals surface area contributed by atoms with Gasteiger partial charge in [-0.05, 0) is 32.1 Å². The van der Waals surface area contributed by atoms with Gasteiger partial charge in [-0.1, -0.05) is 13.8 Å². The number of aliphatic hydroxyl groups is 1. The largest absolute Gasteiger partial charge is 0.481 e. The molecule has 0 saturated carbocycles. The van der Waals surface area contributed by atoms with Gasteiger partial charge in [-0.25, -0.2) is 4.79 Å². The van der Waals surface area contributed by atoms with Gasteiger partial charge in [0, 0.05) is 19.9 Å². The third kappa shape index (κ3) is 18.0. The molecule has 58 heavy (non-hydrogen) atoms. The highest BCUT2D eigenvalue weighted by Crippen LogP contribution is 2.17. The second kappa shape index (κ2) is 24.3. The molecule has 1 aliphatic heterocycles. The molecule has 0 aromatic rings. The highest BCUT2D eigenvalue weighted by Gasteiger charge is 2.35. The lowest BCUT2D eigenvalue weighted by Gasteiger charge is -2.26. The Labute approximate surface area is 331 Å². The number of primary amides is 1. The molecule has 1 rings (SSSR count). The maximum absolute atomic E-state index is 13.0. The third-order valence-corrected chi connectivity index (χ3v) is 8.29. The quantitative estimate of drug-likeness (QED) is 0.0430. The first-order valence-corrected chi connectivity index (χ1v) is 18.0. The average molecular weight is 829 g/mol. The summed E-state index contributed by atoms with van der Waals surface area (Å²) in [7, 11) is 0. The number of likely N-dealkylation sites (tertiary alicyclic amines) is 1. The molecular formula is C33H52N10O15. The Hall–Kier alpha value is -6.40. The van der Waals surface area contributed by atoms with Crippen molar-refractivity contribution in [1.29, 1.82) is 0 Å². The number of aliphatic carboxylic acids is 2. The average Bonchev–Trinajstić information content (AvgIpc) is 3.63. The van der Waals surface area contributed by atoms with Crippen molar-refractivity contribution in [2.75, 3.05) is 32.7 Å². The van der Waals surface area contributed by atoms with E-state index in [1.165, 1.54) is 4.90 Å². The van der Waals surface area contributed by atoms with Crippen molar-refractivity contribution < 1.29 is 72.9 Å². The molecule has 0 aromatic carbocycles. The molecule has 0 aromatic heterocycles. The lowest BCUT2D eigenvalue weighted by atomic mass is 10.0. The number of carboxylic acids is 2. The summed E-state index contributed by atoms with van der Waals surface area (Å²) in [5, 5.41) is 45.7. The van der Waals surface area contributed by atoms with Gasteiger partial charge in [0.15, 0.2) is 6.04 Å². The number of carbonyl (C=O) groups is 12. The van der Waals surface area contributed by atoms with Gasteiger partial charge in [0.05, 0.1) is 38.7 Å². The summed E-state index contributed by atoms with van der Waals surface area (Å²) in [6, 6.07) is -6.74. The number of carbonyl (C=O) groups excluding carboxylic acids is 10. The van der Waals surface area contributed by atoms with Gasteiger partial charge < -0.3 is 68.5 Å². The van der Waals surface area contributed by atoms with Crippen molar-refractivity contribution in [3.05, 3.63) is 0 Å². The number of rotatable bonds is 24. The van der Waals surface area contributed by atoms with E-state index in [0.29, 0.717) is 6.42 Å². The summed E-state index contributed by atoms with van der Waals surface area (Å²) < 4.78 is 0. The number of nitrogens with one attached hydrogen (secondary N) is 8. The van der Waals surface area contributed by atoms with Crippen molar-refractivity contribution >= 4 is 71.0 Å². The minimum Gasteiger partial charge on any atom is -0.481 e. The zero-order chi connectivity index (χ0) is 44.3. The molecule has 1 aliphatic rings. The number of hydrogen-bond acceptors (Lipinski definition) is 13. The van der Waals surface area contributed by atoms with E-state index >= 15 is 0 Å². The van der Waals surface area contributed by atoms with Crippen LogP contribution in [0.1, 0.15) is 59.8 Å². The van der Waals surface area contributed by atoms with Crippen LogP contribution in [-0.4, -0.2) is 160 Å². The van der Waals surface area contributed by atoms with Gasteiger partial charge in [0.25, 0.3) is 0 Å². The normalized spacial score (nSPS) is 15.9. The smallest absolute Gasteiger partial charge is 0.328 e. The molecule has 1 saturated heterocycles. The highest BCUT2D eigenvalue weighted by molar-refractivity contribution is 5.97. The first-order valence-electron chi connectivity index (χ1n) is 18.0. The summed E-state index contributed by atoms with van der Waals surface area (Å²) in [4.78, 5) is 148. The molecule has 1 fully saturated rings. The zero-order valence-electron chi connectivity index (χ0n) is 32.4. The Kier molecular flexibility index (Phi) is 20.8. The predicted molar refractivity (Wildman–Crippen MR) is 195 cm³/mol. The fourth-order valence-electron chi connectivity index (χ4n) is 5.39. The number of amides is 10. The summed E-state index contributed by atoms with van der Waals surface area (Å²) in [5.74, 6) is -11.8. The van der Waals surface area contributed by atoms with Crippen LogP contribution in [0.3, 0.4) is 0 Å². The Morgan fingerprint density at radius 2 is 1.21 bits per heavy atom. The van der Waals surface area contributed by atoms with E-state index in [-0.39, 0.29) is 13.0 Å². The van der Waals surface area contributed by atoms with Crippen LogP contribution in [0.2, 0.25) is 0 Å². The molecule has 25 nitrogen and oxygen atoms in total. The summed E-state index contributed by atoms with van der Waals surface area (Å²) >= 11 is 0.